The van der Waals surface area contributed by atoms with Gasteiger partial charge in [-0.2, -0.15) is 5.10 Å². The van der Waals surface area contributed by atoms with Gasteiger partial charge in [0.1, 0.15) is 5.76 Å². The fourth-order valence-electron chi connectivity index (χ4n) is 2.02. The average molecular weight is 257 g/mol. The molecule has 0 bridgehead atoms. The molecule has 0 atom stereocenters. The van der Waals surface area contributed by atoms with E-state index in [9.17, 15) is 0 Å². The first-order valence-corrected chi connectivity index (χ1v) is 6.08. The summed E-state index contributed by atoms with van der Waals surface area (Å²) in [5.74, 6) is 0.841. The van der Waals surface area contributed by atoms with Crippen LogP contribution in [-0.4, -0.2) is 24.5 Å². The van der Waals surface area contributed by atoms with E-state index < -0.39 is 0 Å². The Morgan fingerprint density at radius 2 is 2.05 bits per heavy atom. The van der Waals surface area contributed by atoms with Gasteiger partial charge in [0.2, 0.25) is 0 Å². The molecule has 19 heavy (non-hydrogen) atoms. The van der Waals surface area contributed by atoms with Crippen molar-refractivity contribution in [2.24, 2.45) is 0 Å². The zero-order valence-electron chi connectivity index (χ0n) is 11.2. The highest BCUT2D eigenvalue weighted by molar-refractivity contribution is 5.27. The summed E-state index contributed by atoms with van der Waals surface area (Å²) in [5.41, 5.74) is 3.97. The fourth-order valence-corrected chi connectivity index (χ4v) is 2.02. The van der Waals surface area contributed by atoms with Gasteiger partial charge in [0, 0.05) is 18.0 Å². The number of hydrogen-bond acceptors (Lipinski definition) is 4. The summed E-state index contributed by atoms with van der Waals surface area (Å²) in [5, 5.41) is 8.31. The topological polar surface area (TPSA) is 61.7 Å². The van der Waals surface area contributed by atoms with E-state index in [1.165, 1.54) is 0 Å². The van der Waals surface area contributed by atoms with Crippen LogP contribution in [0, 0.1) is 20.8 Å². The van der Waals surface area contributed by atoms with E-state index in [-0.39, 0.29) is 0 Å². The molecule has 3 aromatic rings. The first-order valence-electron chi connectivity index (χ1n) is 6.08. The van der Waals surface area contributed by atoms with Crippen LogP contribution in [0.1, 0.15) is 22.7 Å². The molecule has 0 saturated carbocycles. The largest absolute Gasteiger partial charge is 0.361 e. The van der Waals surface area contributed by atoms with E-state index in [0.717, 1.165) is 28.4 Å². The van der Waals surface area contributed by atoms with Crippen LogP contribution in [0.5, 0.6) is 0 Å². The molecule has 0 saturated heterocycles. The van der Waals surface area contributed by atoms with E-state index in [1.807, 2.05) is 48.6 Å². The van der Waals surface area contributed by atoms with Crippen LogP contribution in [0.3, 0.4) is 0 Å². The zero-order chi connectivity index (χ0) is 13.4. The molecule has 0 aromatic carbocycles. The number of aryl methyl sites for hydroxylation is 3. The SMILES string of the molecule is Cc1cn(-c2cnn(Cc3c(C)noc3C)c2)cn1. The molecular weight excluding hydrogens is 242 g/mol. The fraction of sp³-hybridized carbons (Fsp3) is 0.308. The number of nitrogens with zero attached hydrogens (tertiary/aromatic N) is 5. The Morgan fingerprint density at radius 3 is 2.68 bits per heavy atom. The van der Waals surface area contributed by atoms with Crippen LogP contribution in [0.2, 0.25) is 0 Å². The molecule has 0 aliphatic heterocycles. The summed E-state index contributed by atoms with van der Waals surface area (Å²) >= 11 is 0. The summed E-state index contributed by atoms with van der Waals surface area (Å²) in [6.07, 6.45) is 7.55. The molecule has 0 radical (unpaired) electrons. The second-order valence-electron chi connectivity index (χ2n) is 4.62. The van der Waals surface area contributed by atoms with E-state index in [1.54, 1.807) is 6.33 Å². The van der Waals surface area contributed by atoms with Crippen LogP contribution < -0.4 is 0 Å². The number of imidazole rings is 1. The van der Waals surface area contributed by atoms with E-state index in [4.69, 9.17) is 4.52 Å². The molecule has 6 nitrogen and oxygen atoms in total. The Balaban J connectivity index is 1.86. The van der Waals surface area contributed by atoms with Crippen LogP contribution in [0.15, 0.2) is 29.4 Å². The summed E-state index contributed by atoms with van der Waals surface area (Å²) < 4.78 is 8.98. The molecular formula is C13H15N5O. The molecule has 0 unspecified atom stereocenters. The normalized spacial score (nSPS) is 11.1. The van der Waals surface area contributed by atoms with Crippen LogP contribution in [0.4, 0.5) is 0 Å². The Labute approximate surface area is 110 Å². The molecule has 6 heteroatoms. The first-order chi connectivity index (χ1) is 9.13. The Bertz CT molecular complexity index is 687. The highest BCUT2D eigenvalue weighted by atomic mass is 16.5. The molecule has 0 N–H and O–H groups in total. The Morgan fingerprint density at radius 1 is 1.21 bits per heavy atom. The predicted molar refractivity (Wildman–Crippen MR) is 69.2 cm³/mol. The second-order valence-corrected chi connectivity index (χ2v) is 4.62. The third-order valence-electron chi connectivity index (χ3n) is 3.13. The highest BCUT2D eigenvalue weighted by Crippen LogP contribution is 2.15. The number of hydrogen-bond donors (Lipinski definition) is 0. The molecule has 0 aliphatic carbocycles. The van der Waals surface area contributed by atoms with Crippen molar-refractivity contribution in [1.29, 1.82) is 0 Å². The van der Waals surface area contributed by atoms with Gasteiger partial charge in [-0.05, 0) is 20.8 Å². The monoisotopic (exact) mass is 257 g/mol. The van der Waals surface area contributed by atoms with Gasteiger partial charge < -0.3 is 9.09 Å². The van der Waals surface area contributed by atoms with Crippen molar-refractivity contribution < 1.29 is 4.52 Å². The molecule has 3 heterocycles. The maximum absolute atomic E-state index is 5.16. The quantitative estimate of drug-likeness (QED) is 0.720. The van der Waals surface area contributed by atoms with Crippen molar-refractivity contribution >= 4 is 0 Å². The van der Waals surface area contributed by atoms with Gasteiger partial charge in [0.05, 0.1) is 36.1 Å². The van der Waals surface area contributed by atoms with Crippen molar-refractivity contribution in [2.75, 3.05) is 0 Å². The third-order valence-corrected chi connectivity index (χ3v) is 3.13. The van der Waals surface area contributed by atoms with E-state index in [0.29, 0.717) is 6.54 Å². The van der Waals surface area contributed by atoms with Crippen LogP contribution >= 0.6 is 0 Å². The highest BCUT2D eigenvalue weighted by Gasteiger charge is 2.10. The van der Waals surface area contributed by atoms with Crippen molar-refractivity contribution in [2.45, 2.75) is 27.3 Å². The van der Waals surface area contributed by atoms with Gasteiger partial charge in [0.15, 0.2) is 0 Å². The minimum atomic E-state index is 0.662. The average Bonchev–Trinajstić information content (AvgIpc) is 3.06. The van der Waals surface area contributed by atoms with Crippen LogP contribution in [0.25, 0.3) is 5.69 Å². The molecule has 0 amide bonds. The lowest BCUT2D eigenvalue weighted by atomic mass is 10.2. The van der Waals surface area contributed by atoms with Gasteiger partial charge in [-0.15, -0.1) is 0 Å². The smallest absolute Gasteiger partial charge is 0.138 e. The van der Waals surface area contributed by atoms with Gasteiger partial charge in [0.25, 0.3) is 0 Å². The molecule has 3 rings (SSSR count). The summed E-state index contributed by atoms with van der Waals surface area (Å²) in [7, 11) is 0. The minimum absolute atomic E-state index is 0.662. The van der Waals surface area contributed by atoms with Crippen molar-refractivity contribution in [3.63, 3.8) is 0 Å². The standard InChI is InChI=1S/C13H15N5O/c1-9-5-17(8-14-9)12-4-15-18(6-12)7-13-10(2)16-19-11(13)3/h4-6,8H,7H2,1-3H3. The van der Waals surface area contributed by atoms with Crippen molar-refractivity contribution in [3.8, 4) is 5.69 Å². The lowest BCUT2D eigenvalue weighted by Crippen LogP contribution is -2.01. The third kappa shape index (κ3) is 2.16. The predicted octanol–water partition coefficient (Wildman–Crippen LogP) is 2.03. The molecule has 0 aliphatic rings. The zero-order valence-corrected chi connectivity index (χ0v) is 11.2. The first kappa shape index (κ1) is 11.7. The number of rotatable bonds is 3. The molecule has 0 spiro atoms. The number of aromatic nitrogens is 5. The van der Waals surface area contributed by atoms with Gasteiger partial charge in [-0.25, -0.2) is 4.98 Å². The summed E-state index contributed by atoms with van der Waals surface area (Å²) in [6.45, 7) is 6.48. The van der Waals surface area contributed by atoms with Crippen molar-refractivity contribution in [1.82, 2.24) is 24.5 Å². The Hall–Kier alpha value is -2.37. The van der Waals surface area contributed by atoms with Gasteiger partial charge in [-0.3, -0.25) is 4.68 Å². The summed E-state index contributed by atoms with van der Waals surface area (Å²) in [6, 6.07) is 0. The lowest BCUT2D eigenvalue weighted by Gasteiger charge is -2.00. The Kier molecular flexibility index (Phi) is 2.70. The lowest BCUT2D eigenvalue weighted by molar-refractivity contribution is 0.391. The molecule has 0 fully saturated rings. The maximum atomic E-state index is 5.16. The van der Waals surface area contributed by atoms with Crippen molar-refractivity contribution in [3.05, 3.63) is 47.6 Å². The van der Waals surface area contributed by atoms with Crippen LogP contribution in [-0.2, 0) is 6.54 Å². The molecule has 98 valence electrons. The van der Waals surface area contributed by atoms with E-state index >= 15 is 0 Å². The van der Waals surface area contributed by atoms with E-state index in [2.05, 4.69) is 15.2 Å². The summed E-state index contributed by atoms with van der Waals surface area (Å²) in [4.78, 5) is 4.21. The van der Waals surface area contributed by atoms with Gasteiger partial charge >= 0.3 is 0 Å². The van der Waals surface area contributed by atoms with Gasteiger partial charge in [-0.1, -0.05) is 5.16 Å². The molecule has 3 aromatic heterocycles. The maximum Gasteiger partial charge on any atom is 0.138 e. The minimum Gasteiger partial charge on any atom is -0.361 e. The second kappa shape index (κ2) is 4.38.